The molecule has 1 heterocycles. The molecule has 2 aliphatic rings. The molecule has 1 aliphatic carbocycles. The number of benzene rings is 2. The Balaban J connectivity index is 1.80. The molecular weight excluding hydrogens is 314 g/mol. The van der Waals surface area contributed by atoms with Gasteiger partial charge in [0, 0.05) is 7.05 Å². The lowest BCUT2D eigenvalue weighted by Crippen LogP contribution is -2.46. The molecule has 2 aromatic carbocycles. The predicted molar refractivity (Wildman–Crippen MR) is 95.8 cm³/mol. The van der Waals surface area contributed by atoms with E-state index in [0.717, 1.165) is 35.1 Å². The van der Waals surface area contributed by atoms with Crippen molar-refractivity contribution in [2.45, 2.75) is 25.0 Å². The zero-order chi connectivity index (χ0) is 17.6. The van der Waals surface area contributed by atoms with E-state index in [2.05, 4.69) is 5.32 Å². The highest BCUT2D eigenvalue weighted by Gasteiger charge is 2.58. The molecule has 5 heteroatoms. The fourth-order valence-corrected chi connectivity index (χ4v) is 3.71. The largest absolute Gasteiger partial charge is 0.392 e. The van der Waals surface area contributed by atoms with Gasteiger partial charge in [-0.15, -0.1) is 0 Å². The van der Waals surface area contributed by atoms with E-state index in [9.17, 15) is 9.90 Å². The number of aliphatic hydroxyl groups is 1. The van der Waals surface area contributed by atoms with Gasteiger partial charge in [0.1, 0.15) is 5.54 Å². The van der Waals surface area contributed by atoms with Crippen molar-refractivity contribution in [3.63, 3.8) is 0 Å². The van der Waals surface area contributed by atoms with Crippen LogP contribution in [0, 0.1) is 11.3 Å². The summed E-state index contributed by atoms with van der Waals surface area (Å²) in [4.78, 5) is 14.4. The molecule has 3 N–H and O–H groups in total. The van der Waals surface area contributed by atoms with Crippen molar-refractivity contribution < 1.29 is 9.90 Å². The van der Waals surface area contributed by atoms with Gasteiger partial charge < -0.3 is 10.4 Å². The molecule has 2 aromatic rings. The first-order valence-electron chi connectivity index (χ1n) is 8.52. The number of guanidine groups is 1. The van der Waals surface area contributed by atoms with E-state index in [4.69, 9.17) is 5.41 Å². The molecule has 4 rings (SSSR count). The molecule has 2 fully saturated rings. The van der Waals surface area contributed by atoms with Gasteiger partial charge >= 0.3 is 0 Å². The third kappa shape index (κ3) is 2.43. The summed E-state index contributed by atoms with van der Waals surface area (Å²) < 4.78 is 0. The van der Waals surface area contributed by atoms with Gasteiger partial charge in [0.25, 0.3) is 5.91 Å². The van der Waals surface area contributed by atoms with Crippen molar-refractivity contribution in [1.82, 2.24) is 10.2 Å². The number of carbonyl (C=O) groups excluding carboxylic acids is 1. The first-order chi connectivity index (χ1) is 12.1. The molecular formula is C20H21N3O2. The van der Waals surface area contributed by atoms with E-state index in [1.54, 1.807) is 7.05 Å². The molecule has 1 saturated heterocycles. The Morgan fingerprint density at radius 1 is 1.20 bits per heavy atom. The molecule has 0 radical (unpaired) electrons. The van der Waals surface area contributed by atoms with Crippen molar-refractivity contribution in [1.29, 1.82) is 5.41 Å². The fraction of sp³-hybridized carbons (Fsp3) is 0.300. The fourth-order valence-electron chi connectivity index (χ4n) is 3.71. The van der Waals surface area contributed by atoms with E-state index in [-0.39, 0.29) is 24.4 Å². The molecule has 5 nitrogen and oxygen atoms in total. The van der Waals surface area contributed by atoms with Crippen molar-refractivity contribution in [2.75, 3.05) is 7.05 Å². The lowest BCUT2D eigenvalue weighted by molar-refractivity contribution is -0.131. The van der Waals surface area contributed by atoms with Crippen LogP contribution in [-0.2, 0) is 16.9 Å². The number of nitrogens with zero attached hydrogens (tertiary/aromatic N) is 1. The highest BCUT2D eigenvalue weighted by Crippen LogP contribution is 2.49. The predicted octanol–water partition coefficient (Wildman–Crippen LogP) is 2.45. The first kappa shape index (κ1) is 15.8. The number of aliphatic hydroxyl groups excluding tert-OH is 1. The smallest absolute Gasteiger partial charge is 0.259 e. The monoisotopic (exact) mass is 335 g/mol. The van der Waals surface area contributed by atoms with E-state index in [1.807, 2.05) is 48.5 Å². The average Bonchev–Trinajstić information content (AvgIpc) is 3.47. The van der Waals surface area contributed by atoms with Crippen LogP contribution in [0.25, 0.3) is 11.1 Å². The number of amides is 1. The summed E-state index contributed by atoms with van der Waals surface area (Å²) in [7, 11) is 1.65. The van der Waals surface area contributed by atoms with Gasteiger partial charge in [-0.05, 0) is 53.1 Å². The highest BCUT2D eigenvalue weighted by molar-refractivity contribution is 6.08. The summed E-state index contributed by atoms with van der Waals surface area (Å²) in [6, 6.07) is 15.7. The Morgan fingerprint density at radius 2 is 1.88 bits per heavy atom. The summed E-state index contributed by atoms with van der Waals surface area (Å²) in [6.07, 6.45) is 1.98. The quantitative estimate of drug-likeness (QED) is 0.803. The average molecular weight is 335 g/mol. The molecule has 25 heavy (non-hydrogen) atoms. The standard InChI is InChI=1S/C20H21N3O2/c1-23-18(25)20(16-8-9-16,22-19(23)21)17-7-3-6-15(11-17)14-5-2-4-13(10-14)12-24/h2-7,10-11,16,24H,8-9,12H2,1H3,(H2,21,22). The van der Waals surface area contributed by atoms with Gasteiger partial charge in [-0.3, -0.25) is 15.1 Å². The van der Waals surface area contributed by atoms with Crippen LogP contribution < -0.4 is 5.32 Å². The number of rotatable bonds is 4. The second-order valence-corrected chi connectivity index (χ2v) is 6.86. The molecule has 1 unspecified atom stereocenters. The zero-order valence-electron chi connectivity index (χ0n) is 14.1. The minimum Gasteiger partial charge on any atom is -0.392 e. The van der Waals surface area contributed by atoms with Crippen molar-refractivity contribution in [3.8, 4) is 11.1 Å². The van der Waals surface area contributed by atoms with Gasteiger partial charge in [-0.25, -0.2) is 0 Å². The second kappa shape index (κ2) is 5.70. The third-order valence-electron chi connectivity index (χ3n) is 5.24. The van der Waals surface area contributed by atoms with Crippen LogP contribution in [0.2, 0.25) is 0 Å². The van der Waals surface area contributed by atoms with Crippen LogP contribution in [0.3, 0.4) is 0 Å². The Labute approximate surface area is 146 Å². The minimum atomic E-state index is -0.823. The number of hydrogen-bond donors (Lipinski definition) is 3. The van der Waals surface area contributed by atoms with Gasteiger partial charge in [0.05, 0.1) is 6.61 Å². The third-order valence-corrected chi connectivity index (χ3v) is 5.24. The Bertz CT molecular complexity index is 860. The molecule has 0 spiro atoms. The van der Waals surface area contributed by atoms with E-state index in [1.165, 1.54) is 4.90 Å². The van der Waals surface area contributed by atoms with Crippen LogP contribution >= 0.6 is 0 Å². The molecule has 1 aliphatic heterocycles. The summed E-state index contributed by atoms with van der Waals surface area (Å²) in [5, 5.41) is 20.6. The molecule has 128 valence electrons. The second-order valence-electron chi connectivity index (χ2n) is 6.86. The maximum atomic E-state index is 13.0. The summed E-state index contributed by atoms with van der Waals surface area (Å²) in [5.74, 6) is 0.329. The van der Waals surface area contributed by atoms with Crippen LogP contribution in [0.15, 0.2) is 48.5 Å². The molecule has 1 amide bonds. The van der Waals surface area contributed by atoms with E-state index < -0.39 is 5.54 Å². The number of carbonyl (C=O) groups is 1. The van der Waals surface area contributed by atoms with Crippen molar-refractivity contribution >= 4 is 11.9 Å². The molecule has 1 saturated carbocycles. The maximum absolute atomic E-state index is 13.0. The van der Waals surface area contributed by atoms with Gasteiger partial charge in [-0.1, -0.05) is 36.4 Å². The van der Waals surface area contributed by atoms with Crippen LogP contribution in [0.4, 0.5) is 0 Å². The Morgan fingerprint density at radius 3 is 2.48 bits per heavy atom. The Kier molecular flexibility index (Phi) is 3.62. The summed E-state index contributed by atoms with van der Waals surface area (Å²) in [6.45, 7) is 0.00153. The zero-order valence-corrected chi connectivity index (χ0v) is 14.1. The number of likely N-dealkylation sites (N-methyl/N-ethyl adjacent to an activating group) is 1. The van der Waals surface area contributed by atoms with Crippen LogP contribution in [-0.4, -0.2) is 28.9 Å². The lowest BCUT2D eigenvalue weighted by atomic mass is 9.83. The number of nitrogens with one attached hydrogen (secondary N) is 2. The molecule has 1 atom stereocenters. The van der Waals surface area contributed by atoms with E-state index >= 15 is 0 Å². The van der Waals surface area contributed by atoms with Gasteiger partial charge in [0.15, 0.2) is 5.96 Å². The first-order valence-corrected chi connectivity index (χ1v) is 8.52. The lowest BCUT2D eigenvalue weighted by Gasteiger charge is -2.28. The summed E-state index contributed by atoms with van der Waals surface area (Å²) >= 11 is 0. The van der Waals surface area contributed by atoms with Crippen molar-refractivity contribution in [2.24, 2.45) is 5.92 Å². The topological polar surface area (TPSA) is 76.4 Å². The van der Waals surface area contributed by atoms with Gasteiger partial charge in [0.2, 0.25) is 0 Å². The minimum absolute atomic E-state index is 0.00153. The number of hydrogen-bond acceptors (Lipinski definition) is 3. The molecule has 0 aromatic heterocycles. The van der Waals surface area contributed by atoms with Gasteiger partial charge in [-0.2, -0.15) is 0 Å². The summed E-state index contributed by atoms with van der Waals surface area (Å²) in [5.41, 5.74) is 2.95. The maximum Gasteiger partial charge on any atom is 0.259 e. The SMILES string of the molecule is CN1C(=N)NC(c2cccc(-c3cccc(CO)c3)c2)(C2CC2)C1=O. The normalized spacial score (nSPS) is 23.0. The van der Waals surface area contributed by atoms with Crippen LogP contribution in [0.1, 0.15) is 24.0 Å². The molecule has 0 bridgehead atoms. The Hall–Kier alpha value is -2.66. The highest BCUT2D eigenvalue weighted by atomic mass is 16.3. The van der Waals surface area contributed by atoms with Crippen LogP contribution in [0.5, 0.6) is 0 Å². The van der Waals surface area contributed by atoms with E-state index in [0.29, 0.717) is 0 Å². The van der Waals surface area contributed by atoms with Crippen molar-refractivity contribution in [3.05, 3.63) is 59.7 Å².